The summed E-state index contributed by atoms with van der Waals surface area (Å²) in [5.41, 5.74) is 2.01. The van der Waals surface area contributed by atoms with Gasteiger partial charge in [0.2, 0.25) is 0 Å². The first-order valence-corrected chi connectivity index (χ1v) is 5.22. The molecular formula is C11H11N5O. The maximum Gasteiger partial charge on any atom is 0.141 e. The van der Waals surface area contributed by atoms with Crippen molar-refractivity contribution in [3.8, 4) is 0 Å². The van der Waals surface area contributed by atoms with Crippen LogP contribution in [0.3, 0.4) is 0 Å². The lowest BCUT2D eigenvalue weighted by atomic mass is 10.2. The summed E-state index contributed by atoms with van der Waals surface area (Å²) >= 11 is 0. The van der Waals surface area contributed by atoms with Gasteiger partial charge in [-0.1, -0.05) is 11.3 Å². The standard InChI is InChI=1S/C11H11N5O/c1-15-9(6-12-14-15)11(17)8-7-16-5-3-2-4-10(16)13-8/h2-7,11,17H,1H3. The Labute approximate surface area is 97.1 Å². The number of hydrogen-bond donors (Lipinski definition) is 1. The molecule has 1 atom stereocenters. The monoisotopic (exact) mass is 229 g/mol. The zero-order chi connectivity index (χ0) is 11.8. The number of fused-ring (bicyclic) bond motifs is 1. The highest BCUT2D eigenvalue weighted by molar-refractivity contribution is 5.40. The molecule has 1 unspecified atom stereocenters. The van der Waals surface area contributed by atoms with Crippen LogP contribution in [0.25, 0.3) is 5.65 Å². The quantitative estimate of drug-likeness (QED) is 0.696. The van der Waals surface area contributed by atoms with Crippen LogP contribution in [0.4, 0.5) is 0 Å². The first kappa shape index (κ1) is 9.98. The number of pyridine rings is 1. The van der Waals surface area contributed by atoms with Gasteiger partial charge in [0.25, 0.3) is 0 Å². The van der Waals surface area contributed by atoms with Crippen LogP contribution in [0.15, 0.2) is 36.8 Å². The van der Waals surface area contributed by atoms with Gasteiger partial charge >= 0.3 is 0 Å². The molecule has 0 bridgehead atoms. The second-order valence-electron chi connectivity index (χ2n) is 3.82. The second-order valence-corrected chi connectivity index (χ2v) is 3.82. The summed E-state index contributed by atoms with van der Waals surface area (Å²) in [6, 6.07) is 5.71. The number of nitrogens with zero attached hydrogens (tertiary/aromatic N) is 5. The number of aromatic nitrogens is 5. The first-order chi connectivity index (χ1) is 8.25. The molecule has 0 spiro atoms. The third-order valence-electron chi connectivity index (χ3n) is 2.69. The minimum absolute atomic E-state index is 0.585. The SMILES string of the molecule is Cn1nncc1C(O)c1cn2ccccc2n1. The summed E-state index contributed by atoms with van der Waals surface area (Å²) in [6.07, 6.45) is 4.41. The van der Waals surface area contributed by atoms with E-state index in [1.165, 1.54) is 10.9 Å². The van der Waals surface area contributed by atoms with Crippen LogP contribution in [0.5, 0.6) is 0 Å². The van der Waals surface area contributed by atoms with E-state index in [2.05, 4.69) is 15.3 Å². The van der Waals surface area contributed by atoms with Gasteiger partial charge in [-0.25, -0.2) is 9.67 Å². The summed E-state index contributed by atoms with van der Waals surface area (Å²) in [6.45, 7) is 0. The van der Waals surface area contributed by atoms with Crippen LogP contribution in [-0.4, -0.2) is 29.5 Å². The van der Waals surface area contributed by atoms with Crippen LogP contribution in [-0.2, 0) is 7.05 Å². The molecule has 0 aliphatic carbocycles. The predicted octanol–water partition coefficient (Wildman–Crippen LogP) is 0.544. The van der Waals surface area contributed by atoms with Gasteiger partial charge in [0.05, 0.1) is 17.6 Å². The van der Waals surface area contributed by atoms with Crippen LogP contribution in [0.1, 0.15) is 17.5 Å². The lowest BCUT2D eigenvalue weighted by Crippen LogP contribution is -2.06. The molecule has 0 fully saturated rings. The Bertz CT molecular complexity index is 623. The summed E-state index contributed by atoms with van der Waals surface area (Å²) in [5.74, 6) is 0. The number of aryl methyl sites for hydroxylation is 1. The van der Waals surface area contributed by atoms with Crippen molar-refractivity contribution in [3.63, 3.8) is 0 Å². The fourth-order valence-corrected chi connectivity index (χ4v) is 1.78. The third kappa shape index (κ3) is 1.58. The maximum absolute atomic E-state index is 10.2. The highest BCUT2D eigenvalue weighted by Crippen LogP contribution is 2.19. The average molecular weight is 229 g/mol. The van der Waals surface area contributed by atoms with Crippen molar-refractivity contribution in [3.05, 3.63) is 48.2 Å². The fraction of sp³-hybridized carbons (Fsp3) is 0.182. The Balaban J connectivity index is 2.07. The number of aliphatic hydroxyl groups is 1. The number of aliphatic hydroxyl groups excluding tert-OH is 1. The molecule has 6 heteroatoms. The summed E-state index contributed by atoms with van der Waals surface area (Å²) in [4.78, 5) is 4.35. The Morgan fingerprint density at radius 3 is 2.94 bits per heavy atom. The van der Waals surface area contributed by atoms with Gasteiger partial charge < -0.3 is 9.51 Å². The molecule has 0 saturated carbocycles. The molecule has 3 rings (SSSR count). The summed E-state index contributed by atoms with van der Waals surface area (Å²) in [5, 5.41) is 17.7. The summed E-state index contributed by atoms with van der Waals surface area (Å²) in [7, 11) is 1.74. The highest BCUT2D eigenvalue weighted by atomic mass is 16.3. The van der Waals surface area contributed by atoms with Gasteiger partial charge in [-0.15, -0.1) is 5.10 Å². The van der Waals surface area contributed by atoms with E-state index in [1.807, 2.05) is 28.8 Å². The van der Waals surface area contributed by atoms with E-state index in [4.69, 9.17) is 0 Å². The van der Waals surface area contributed by atoms with Gasteiger partial charge in [-0.05, 0) is 12.1 Å². The van der Waals surface area contributed by atoms with E-state index in [0.29, 0.717) is 11.4 Å². The molecule has 0 amide bonds. The Kier molecular flexibility index (Phi) is 2.15. The van der Waals surface area contributed by atoms with Gasteiger partial charge in [0.1, 0.15) is 11.8 Å². The molecule has 3 aromatic heterocycles. The van der Waals surface area contributed by atoms with Crippen LogP contribution in [0.2, 0.25) is 0 Å². The Hall–Kier alpha value is -2.21. The lowest BCUT2D eigenvalue weighted by molar-refractivity contribution is 0.205. The molecule has 3 heterocycles. The highest BCUT2D eigenvalue weighted by Gasteiger charge is 2.17. The van der Waals surface area contributed by atoms with Gasteiger partial charge in [-0.3, -0.25) is 0 Å². The Morgan fingerprint density at radius 1 is 1.35 bits per heavy atom. The zero-order valence-electron chi connectivity index (χ0n) is 9.22. The average Bonchev–Trinajstić information content (AvgIpc) is 2.93. The molecule has 3 aromatic rings. The van der Waals surface area contributed by atoms with Gasteiger partial charge in [0.15, 0.2) is 0 Å². The molecule has 0 aliphatic rings. The number of rotatable bonds is 2. The van der Waals surface area contributed by atoms with E-state index in [1.54, 1.807) is 13.2 Å². The van der Waals surface area contributed by atoms with E-state index in [-0.39, 0.29) is 0 Å². The minimum Gasteiger partial charge on any atom is -0.380 e. The predicted molar refractivity (Wildman–Crippen MR) is 60.3 cm³/mol. The molecule has 0 radical (unpaired) electrons. The van der Waals surface area contributed by atoms with Crippen molar-refractivity contribution in [2.75, 3.05) is 0 Å². The normalized spacial score (nSPS) is 13.1. The van der Waals surface area contributed by atoms with Crippen LogP contribution < -0.4 is 0 Å². The Morgan fingerprint density at radius 2 is 2.24 bits per heavy atom. The van der Waals surface area contributed by atoms with Crippen molar-refractivity contribution in [1.82, 2.24) is 24.4 Å². The molecule has 6 nitrogen and oxygen atoms in total. The second kappa shape index (κ2) is 3.67. The van der Waals surface area contributed by atoms with Crippen LogP contribution in [0, 0.1) is 0 Å². The zero-order valence-corrected chi connectivity index (χ0v) is 9.22. The van der Waals surface area contributed by atoms with Gasteiger partial charge in [-0.2, -0.15) is 0 Å². The third-order valence-corrected chi connectivity index (χ3v) is 2.69. The van der Waals surface area contributed by atoms with Crippen LogP contribution >= 0.6 is 0 Å². The van der Waals surface area contributed by atoms with Crippen molar-refractivity contribution in [2.45, 2.75) is 6.10 Å². The maximum atomic E-state index is 10.2. The van der Waals surface area contributed by atoms with E-state index < -0.39 is 6.10 Å². The molecular weight excluding hydrogens is 218 g/mol. The van der Waals surface area contributed by atoms with E-state index in [9.17, 15) is 5.11 Å². The number of hydrogen-bond acceptors (Lipinski definition) is 4. The molecule has 86 valence electrons. The molecule has 0 saturated heterocycles. The largest absolute Gasteiger partial charge is 0.380 e. The summed E-state index contributed by atoms with van der Waals surface area (Å²) < 4.78 is 3.40. The fourth-order valence-electron chi connectivity index (χ4n) is 1.78. The van der Waals surface area contributed by atoms with E-state index >= 15 is 0 Å². The first-order valence-electron chi connectivity index (χ1n) is 5.22. The molecule has 1 N–H and O–H groups in total. The van der Waals surface area contributed by atoms with Crippen molar-refractivity contribution < 1.29 is 5.11 Å². The number of imidazole rings is 1. The van der Waals surface area contributed by atoms with E-state index in [0.717, 1.165) is 5.65 Å². The van der Waals surface area contributed by atoms with Crippen molar-refractivity contribution >= 4 is 5.65 Å². The smallest absolute Gasteiger partial charge is 0.141 e. The van der Waals surface area contributed by atoms with Crippen molar-refractivity contribution in [1.29, 1.82) is 0 Å². The minimum atomic E-state index is -0.810. The molecule has 17 heavy (non-hydrogen) atoms. The van der Waals surface area contributed by atoms with Crippen molar-refractivity contribution in [2.24, 2.45) is 7.05 Å². The molecule has 0 aromatic carbocycles. The topological polar surface area (TPSA) is 68.2 Å². The molecule has 0 aliphatic heterocycles. The van der Waals surface area contributed by atoms with Gasteiger partial charge in [0, 0.05) is 19.4 Å². The lowest BCUT2D eigenvalue weighted by Gasteiger charge is -2.05.